The summed E-state index contributed by atoms with van der Waals surface area (Å²) in [6.45, 7) is 3.42. The van der Waals surface area contributed by atoms with Crippen LogP contribution >= 0.6 is 11.6 Å². The molecule has 4 rings (SSSR count). The number of carbonyl (C=O) groups excluding carboxylic acids is 1. The predicted molar refractivity (Wildman–Crippen MR) is 133 cm³/mol. The minimum atomic E-state index is -4.46. The zero-order valence-corrected chi connectivity index (χ0v) is 19.3. The Balaban J connectivity index is 1.72. The smallest absolute Gasteiger partial charge is 0.416 e. The fourth-order valence-electron chi connectivity index (χ4n) is 3.17. The van der Waals surface area contributed by atoms with E-state index >= 15 is 0 Å². The summed E-state index contributed by atoms with van der Waals surface area (Å²) < 4.78 is 45.1. The summed E-state index contributed by atoms with van der Waals surface area (Å²) in [6, 6.07) is 18.1. The molecule has 0 radical (unpaired) electrons. The average Bonchev–Trinajstić information content (AvgIpc) is 2.85. The van der Waals surface area contributed by atoms with Gasteiger partial charge in [-0.05, 0) is 48.0 Å². The van der Waals surface area contributed by atoms with Gasteiger partial charge in [0.1, 0.15) is 5.75 Å². The summed E-state index contributed by atoms with van der Waals surface area (Å²) in [5.74, 6) is 0.162. The van der Waals surface area contributed by atoms with Crippen molar-refractivity contribution >= 4 is 34.8 Å². The molecule has 0 spiro atoms. The highest BCUT2D eigenvalue weighted by Gasteiger charge is 2.30. The van der Waals surface area contributed by atoms with E-state index in [0.29, 0.717) is 33.3 Å². The second kappa shape index (κ2) is 10.5. The minimum Gasteiger partial charge on any atom is -0.438 e. The van der Waals surface area contributed by atoms with Crippen LogP contribution in [-0.4, -0.2) is 15.9 Å². The van der Waals surface area contributed by atoms with E-state index in [1.165, 1.54) is 18.3 Å². The van der Waals surface area contributed by atoms with Gasteiger partial charge < -0.3 is 15.4 Å². The Labute approximate surface area is 209 Å². The van der Waals surface area contributed by atoms with E-state index in [2.05, 4.69) is 27.2 Å². The second-order valence-corrected chi connectivity index (χ2v) is 7.82. The number of nitrogens with one attached hydrogen (secondary N) is 2. The molecule has 6 nitrogen and oxygen atoms in total. The van der Waals surface area contributed by atoms with Gasteiger partial charge in [-0.2, -0.15) is 18.2 Å². The Hall–Kier alpha value is -4.37. The van der Waals surface area contributed by atoms with Gasteiger partial charge in [-0.15, -0.1) is 0 Å². The first-order valence-electron chi connectivity index (χ1n) is 10.5. The van der Waals surface area contributed by atoms with Crippen molar-refractivity contribution in [3.05, 3.63) is 102 Å². The Morgan fingerprint density at radius 2 is 1.78 bits per heavy atom. The molecule has 0 aliphatic heterocycles. The summed E-state index contributed by atoms with van der Waals surface area (Å²) in [6.07, 6.45) is -1.89. The molecule has 3 aromatic carbocycles. The topological polar surface area (TPSA) is 76.1 Å². The number of amides is 1. The molecule has 10 heteroatoms. The third kappa shape index (κ3) is 6.00. The first-order valence-corrected chi connectivity index (χ1v) is 10.9. The molecule has 0 bridgehead atoms. The molecule has 0 aliphatic rings. The van der Waals surface area contributed by atoms with Gasteiger partial charge in [0.15, 0.2) is 0 Å². The molecule has 2 N–H and O–H groups in total. The van der Waals surface area contributed by atoms with Crippen LogP contribution in [0.4, 0.5) is 30.5 Å². The molecule has 1 aromatic heterocycles. The van der Waals surface area contributed by atoms with Gasteiger partial charge in [0, 0.05) is 18.0 Å². The Bertz CT molecular complexity index is 1410. The Morgan fingerprint density at radius 3 is 2.47 bits per heavy atom. The molecule has 0 saturated heterocycles. The monoisotopic (exact) mass is 510 g/mol. The summed E-state index contributed by atoms with van der Waals surface area (Å²) in [5, 5.41) is 6.08. The number of halogens is 4. The number of aromatic nitrogens is 2. The lowest BCUT2D eigenvalue weighted by atomic mass is 10.1. The first kappa shape index (κ1) is 24.7. The van der Waals surface area contributed by atoms with Gasteiger partial charge >= 0.3 is 6.18 Å². The number of rotatable bonds is 7. The van der Waals surface area contributed by atoms with Crippen LogP contribution in [0.15, 0.2) is 91.6 Å². The van der Waals surface area contributed by atoms with Crippen LogP contribution in [0.1, 0.15) is 5.56 Å². The van der Waals surface area contributed by atoms with Crippen LogP contribution in [0.5, 0.6) is 11.6 Å². The van der Waals surface area contributed by atoms with Gasteiger partial charge in [-0.25, -0.2) is 4.98 Å². The lowest BCUT2D eigenvalue weighted by Crippen LogP contribution is -2.07. The van der Waals surface area contributed by atoms with E-state index in [1.54, 1.807) is 48.5 Å². The van der Waals surface area contributed by atoms with Crippen LogP contribution < -0.4 is 15.4 Å². The molecular formula is C26H18ClF3N4O2. The number of benzene rings is 3. The summed E-state index contributed by atoms with van der Waals surface area (Å²) in [4.78, 5) is 20.4. The van der Waals surface area contributed by atoms with E-state index in [-0.39, 0.29) is 11.8 Å². The van der Waals surface area contributed by atoms with Gasteiger partial charge in [-0.3, -0.25) is 4.79 Å². The quantitative estimate of drug-likeness (QED) is 0.252. The second-order valence-electron chi connectivity index (χ2n) is 7.42. The summed E-state index contributed by atoms with van der Waals surface area (Å²) >= 11 is 6.21. The van der Waals surface area contributed by atoms with Crippen LogP contribution in [0, 0.1) is 0 Å². The van der Waals surface area contributed by atoms with Crippen LogP contribution in [-0.2, 0) is 11.0 Å². The average molecular weight is 511 g/mol. The van der Waals surface area contributed by atoms with Crippen LogP contribution in [0.25, 0.3) is 11.1 Å². The van der Waals surface area contributed by atoms with Crippen LogP contribution in [0.3, 0.4) is 0 Å². The summed E-state index contributed by atoms with van der Waals surface area (Å²) in [7, 11) is 0. The van der Waals surface area contributed by atoms with Gasteiger partial charge in [0.2, 0.25) is 17.7 Å². The van der Waals surface area contributed by atoms with Crippen molar-refractivity contribution in [1.29, 1.82) is 0 Å². The van der Waals surface area contributed by atoms with Crippen molar-refractivity contribution in [3.8, 4) is 22.8 Å². The number of anilines is 3. The number of carbonyl (C=O) groups is 1. The molecule has 36 heavy (non-hydrogen) atoms. The Kier molecular flexibility index (Phi) is 7.21. The number of ether oxygens (including phenoxy) is 1. The molecule has 0 fully saturated rings. The normalized spacial score (nSPS) is 11.0. The summed E-state index contributed by atoms with van der Waals surface area (Å²) in [5.41, 5.74) is 1.00. The van der Waals surface area contributed by atoms with E-state index in [0.717, 1.165) is 18.2 Å². The van der Waals surface area contributed by atoms with Gasteiger partial charge in [0.25, 0.3) is 0 Å². The van der Waals surface area contributed by atoms with Crippen molar-refractivity contribution in [3.63, 3.8) is 0 Å². The van der Waals surface area contributed by atoms with Crippen molar-refractivity contribution in [1.82, 2.24) is 9.97 Å². The highest BCUT2D eigenvalue weighted by atomic mass is 35.5. The number of hydrogen-bond acceptors (Lipinski definition) is 5. The zero-order valence-electron chi connectivity index (χ0n) is 18.5. The van der Waals surface area contributed by atoms with Gasteiger partial charge in [0.05, 0.1) is 21.8 Å². The first-order chi connectivity index (χ1) is 17.2. The zero-order chi connectivity index (χ0) is 25.7. The molecule has 0 aliphatic carbocycles. The molecule has 1 amide bonds. The standard InChI is InChI=1S/C26H18ClF3N4O2/c1-2-23(35)32-18-6-5-7-19(14-18)36-24-20(16-10-12-17(13-11-16)26(28,29)30)15-31-25(34-24)33-22-9-4-3-8-21(22)27/h2-15H,1H2,(H,32,35)(H,31,33,34). The fourth-order valence-corrected chi connectivity index (χ4v) is 3.35. The number of nitrogens with zero attached hydrogens (tertiary/aromatic N) is 2. The molecule has 0 saturated carbocycles. The predicted octanol–water partition coefficient (Wildman–Crippen LogP) is 7.48. The van der Waals surface area contributed by atoms with E-state index in [1.807, 2.05) is 0 Å². The fraction of sp³-hybridized carbons (Fsp3) is 0.0385. The maximum absolute atomic E-state index is 13.0. The lowest BCUT2D eigenvalue weighted by Gasteiger charge is -2.14. The highest BCUT2D eigenvalue weighted by molar-refractivity contribution is 6.33. The molecular weight excluding hydrogens is 493 g/mol. The van der Waals surface area contributed by atoms with Crippen molar-refractivity contribution < 1.29 is 22.7 Å². The van der Waals surface area contributed by atoms with E-state index in [4.69, 9.17) is 16.3 Å². The molecule has 182 valence electrons. The largest absolute Gasteiger partial charge is 0.438 e. The van der Waals surface area contributed by atoms with Crippen molar-refractivity contribution in [2.24, 2.45) is 0 Å². The molecule has 0 unspecified atom stereocenters. The number of alkyl halides is 3. The number of hydrogen-bond donors (Lipinski definition) is 2. The van der Waals surface area contributed by atoms with Crippen molar-refractivity contribution in [2.75, 3.05) is 10.6 Å². The lowest BCUT2D eigenvalue weighted by molar-refractivity contribution is -0.137. The van der Waals surface area contributed by atoms with Crippen LogP contribution in [0.2, 0.25) is 5.02 Å². The van der Waals surface area contributed by atoms with Gasteiger partial charge in [-0.1, -0.05) is 48.5 Å². The number of para-hydroxylation sites is 1. The minimum absolute atomic E-state index is 0.0755. The highest BCUT2D eigenvalue weighted by Crippen LogP contribution is 2.36. The van der Waals surface area contributed by atoms with Crippen molar-refractivity contribution in [2.45, 2.75) is 6.18 Å². The SMILES string of the molecule is C=CC(=O)Nc1cccc(Oc2nc(Nc3ccccc3Cl)ncc2-c2ccc(C(F)(F)F)cc2)c1. The Morgan fingerprint density at radius 1 is 1.03 bits per heavy atom. The third-order valence-electron chi connectivity index (χ3n) is 4.90. The molecule has 1 heterocycles. The molecule has 4 aromatic rings. The molecule has 0 atom stereocenters. The third-order valence-corrected chi connectivity index (χ3v) is 5.23. The maximum atomic E-state index is 13.0. The maximum Gasteiger partial charge on any atom is 0.416 e. The van der Waals surface area contributed by atoms with E-state index < -0.39 is 17.6 Å². The van der Waals surface area contributed by atoms with E-state index in [9.17, 15) is 18.0 Å².